The predicted molar refractivity (Wildman–Crippen MR) is 76.1 cm³/mol. The zero-order chi connectivity index (χ0) is 13.9. The van der Waals surface area contributed by atoms with Crippen LogP contribution in [0.3, 0.4) is 0 Å². The predicted octanol–water partition coefficient (Wildman–Crippen LogP) is 2.24. The first kappa shape index (κ1) is 13.6. The van der Waals surface area contributed by atoms with Crippen molar-refractivity contribution < 1.29 is 4.74 Å². The molecule has 1 aromatic heterocycles. The molecule has 4 heteroatoms. The molecule has 0 radical (unpaired) electrons. The van der Waals surface area contributed by atoms with Gasteiger partial charge in [-0.3, -0.25) is 0 Å². The number of nitrogens with two attached hydrogens (primary N) is 1. The topological polar surface area (TPSA) is 53.1 Å². The van der Waals surface area contributed by atoms with E-state index in [1.165, 1.54) is 0 Å². The van der Waals surface area contributed by atoms with Crippen LogP contribution in [0.5, 0.6) is 5.75 Å². The lowest BCUT2D eigenvalue weighted by molar-refractivity contribution is 0.407. The van der Waals surface area contributed by atoms with Gasteiger partial charge in [-0.1, -0.05) is 12.1 Å². The molecule has 0 aliphatic heterocycles. The molecule has 0 bridgehead atoms. The quantitative estimate of drug-likeness (QED) is 0.896. The number of rotatable bonds is 5. The maximum absolute atomic E-state index is 6.44. The first-order valence-corrected chi connectivity index (χ1v) is 6.42. The molecule has 19 heavy (non-hydrogen) atoms. The van der Waals surface area contributed by atoms with E-state index in [1.807, 2.05) is 55.2 Å². The first-order chi connectivity index (χ1) is 9.03. The zero-order valence-corrected chi connectivity index (χ0v) is 11.8. The third-order valence-electron chi connectivity index (χ3n) is 3.52. The monoisotopic (exact) mass is 259 g/mol. The van der Waals surface area contributed by atoms with Crippen LogP contribution in [0.4, 0.5) is 0 Å². The van der Waals surface area contributed by atoms with Crippen molar-refractivity contribution in [2.75, 3.05) is 7.11 Å². The van der Waals surface area contributed by atoms with Crippen LogP contribution in [0.25, 0.3) is 0 Å². The van der Waals surface area contributed by atoms with E-state index in [9.17, 15) is 0 Å². The van der Waals surface area contributed by atoms with Gasteiger partial charge in [0.05, 0.1) is 7.11 Å². The molecule has 0 saturated heterocycles. The molecule has 1 unspecified atom stereocenters. The average molecular weight is 259 g/mol. The van der Waals surface area contributed by atoms with E-state index < -0.39 is 0 Å². The Labute approximate surface area is 114 Å². The Morgan fingerprint density at radius 1 is 1.42 bits per heavy atom. The second-order valence-electron chi connectivity index (χ2n) is 5.10. The van der Waals surface area contributed by atoms with Crippen LogP contribution in [0.1, 0.15) is 24.7 Å². The summed E-state index contributed by atoms with van der Waals surface area (Å²) in [5.74, 6) is 1.89. The summed E-state index contributed by atoms with van der Waals surface area (Å²) in [4.78, 5) is 4.33. The van der Waals surface area contributed by atoms with E-state index in [2.05, 4.69) is 4.98 Å². The van der Waals surface area contributed by atoms with Gasteiger partial charge in [0.15, 0.2) is 0 Å². The lowest BCUT2D eigenvalue weighted by Crippen LogP contribution is -2.33. The summed E-state index contributed by atoms with van der Waals surface area (Å²) in [6.45, 7) is 2.05. The fourth-order valence-electron chi connectivity index (χ4n) is 2.13. The average Bonchev–Trinajstić information content (AvgIpc) is 2.82. The van der Waals surface area contributed by atoms with Gasteiger partial charge in [0.1, 0.15) is 11.6 Å². The first-order valence-electron chi connectivity index (χ1n) is 6.42. The number of aryl methyl sites for hydroxylation is 2. The number of benzene rings is 1. The Hall–Kier alpha value is -1.81. The Morgan fingerprint density at radius 2 is 2.21 bits per heavy atom. The van der Waals surface area contributed by atoms with Gasteiger partial charge in [-0.15, -0.1) is 0 Å². The molecule has 0 amide bonds. The van der Waals surface area contributed by atoms with Crippen molar-refractivity contribution in [3.05, 3.63) is 48.0 Å². The normalized spacial score (nSPS) is 14.1. The molecule has 1 aromatic carbocycles. The van der Waals surface area contributed by atoms with Gasteiger partial charge >= 0.3 is 0 Å². The van der Waals surface area contributed by atoms with Gasteiger partial charge < -0.3 is 15.0 Å². The van der Waals surface area contributed by atoms with Gasteiger partial charge in [-0.25, -0.2) is 4.98 Å². The molecule has 0 aliphatic rings. The molecule has 0 fully saturated rings. The number of ether oxygens (including phenoxy) is 1. The molecule has 1 heterocycles. The highest BCUT2D eigenvalue weighted by atomic mass is 16.5. The fraction of sp³-hybridized carbons (Fsp3) is 0.400. The van der Waals surface area contributed by atoms with Crippen LogP contribution in [0.15, 0.2) is 36.7 Å². The lowest BCUT2D eigenvalue weighted by Gasteiger charge is -2.25. The van der Waals surface area contributed by atoms with Crippen LogP contribution < -0.4 is 10.5 Å². The molecule has 1 atom stereocenters. The minimum absolute atomic E-state index is 0.388. The van der Waals surface area contributed by atoms with Crippen molar-refractivity contribution in [2.24, 2.45) is 12.8 Å². The SMILES string of the molecule is COc1cccc(C(C)(N)CCc2nccn2C)c1. The highest BCUT2D eigenvalue weighted by Crippen LogP contribution is 2.26. The second-order valence-corrected chi connectivity index (χ2v) is 5.10. The van der Waals surface area contributed by atoms with Gasteiger partial charge in [-0.2, -0.15) is 0 Å². The number of methoxy groups -OCH3 is 1. The van der Waals surface area contributed by atoms with Crippen molar-refractivity contribution in [1.29, 1.82) is 0 Å². The van der Waals surface area contributed by atoms with Gasteiger partial charge in [-0.05, 0) is 31.0 Å². The Kier molecular flexibility index (Phi) is 3.90. The Balaban J connectivity index is 2.11. The second kappa shape index (κ2) is 5.45. The van der Waals surface area contributed by atoms with Crippen LogP contribution in [0.2, 0.25) is 0 Å². The van der Waals surface area contributed by atoms with Crippen molar-refractivity contribution >= 4 is 0 Å². The van der Waals surface area contributed by atoms with E-state index in [1.54, 1.807) is 7.11 Å². The van der Waals surface area contributed by atoms with E-state index in [0.29, 0.717) is 0 Å². The summed E-state index contributed by atoms with van der Waals surface area (Å²) in [5, 5.41) is 0. The molecule has 0 saturated carbocycles. The zero-order valence-electron chi connectivity index (χ0n) is 11.8. The van der Waals surface area contributed by atoms with Crippen LogP contribution >= 0.6 is 0 Å². The Bertz CT molecular complexity index is 546. The molecule has 2 N–H and O–H groups in total. The maximum Gasteiger partial charge on any atom is 0.119 e. The molecular formula is C15H21N3O. The minimum Gasteiger partial charge on any atom is -0.497 e. The Morgan fingerprint density at radius 3 is 2.84 bits per heavy atom. The highest BCUT2D eigenvalue weighted by molar-refractivity contribution is 5.32. The summed E-state index contributed by atoms with van der Waals surface area (Å²) < 4.78 is 7.28. The molecule has 102 valence electrons. The number of hydrogen-bond acceptors (Lipinski definition) is 3. The number of nitrogens with zero attached hydrogens (tertiary/aromatic N) is 2. The molecule has 4 nitrogen and oxygen atoms in total. The fourth-order valence-corrected chi connectivity index (χ4v) is 2.13. The number of hydrogen-bond donors (Lipinski definition) is 1. The van der Waals surface area contributed by atoms with Gasteiger partial charge in [0.25, 0.3) is 0 Å². The third-order valence-corrected chi connectivity index (χ3v) is 3.52. The maximum atomic E-state index is 6.44. The summed E-state index contributed by atoms with van der Waals surface area (Å²) >= 11 is 0. The highest BCUT2D eigenvalue weighted by Gasteiger charge is 2.22. The van der Waals surface area contributed by atoms with Crippen LogP contribution in [0, 0.1) is 0 Å². The largest absolute Gasteiger partial charge is 0.497 e. The van der Waals surface area contributed by atoms with Gasteiger partial charge in [0, 0.05) is 31.4 Å². The molecule has 2 aromatic rings. The van der Waals surface area contributed by atoms with Crippen molar-refractivity contribution in [2.45, 2.75) is 25.3 Å². The number of imidazole rings is 1. The third kappa shape index (κ3) is 3.15. The number of aromatic nitrogens is 2. The van der Waals surface area contributed by atoms with E-state index in [-0.39, 0.29) is 5.54 Å². The van der Waals surface area contributed by atoms with E-state index >= 15 is 0 Å². The molecule has 2 rings (SSSR count). The summed E-state index contributed by atoms with van der Waals surface area (Å²) in [5.41, 5.74) is 7.13. The van der Waals surface area contributed by atoms with Gasteiger partial charge in [0.2, 0.25) is 0 Å². The summed E-state index contributed by atoms with van der Waals surface area (Å²) in [6, 6.07) is 7.94. The van der Waals surface area contributed by atoms with Crippen LogP contribution in [-0.4, -0.2) is 16.7 Å². The minimum atomic E-state index is -0.388. The summed E-state index contributed by atoms with van der Waals surface area (Å²) in [6.07, 6.45) is 5.46. The summed E-state index contributed by atoms with van der Waals surface area (Å²) in [7, 11) is 3.67. The standard InChI is InChI=1S/C15H21N3O/c1-15(16,8-7-14-17-9-10-18(14)2)12-5-4-6-13(11-12)19-3/h4-6,9-11H,7-8,16H2,1-3H3. The van der Waals surface area contributed by atoms with E-state index in [4.69, 9.17) is 10.5 Å². The van der Waals surface area contributed by atoms with Crippen LogP contribution in [-0.2, 0) is 19.0 Å². The van der Waals surface area contributed by atoms with Crippen molar-refractivity contribution in [3.63, 3.8) is 0 Å². The molecule has 0 aliphatic carbocycles. The van der Waals surface area contributed by atoms with E-state index in [0.717, 1.165) is 30.0 Å². The van der Waals surface area contributed by atoms with Crippen molar-refractivity contribution in [1.82, 2.24) is 9.55 Å². The molecule has 0 spiro atoms. The lowest BCUT2D eigenvalue weighted by atomic mass is 9.88. The smallest absolute Gasteiger partial charge is 0.119 e. The molecular weight excluding hydrogens is 238 g/mol. The van der Waals surface area contributed by atoms with Crippen molar-refractivity contribution in [3.8, 4) is 5.75 Å².